The third-order valence-corrected chi connectivity index (χ3v) is 4.62. The summed E-state index contributed by atoms with van der Waals surface area (Å²) in [6.45, 7) is 14.3. The van der Waals surface area contributed by atoms with Gasteiger partial charge in [0.1, 0.15) is 23.9 Å². The average molecular weight is 417 g/mol. The lowest BCUT2D eigenvalue weighted by atomic mass is 9.75. The second kappa shape index (κ2) is 11.2. The van der Waals surface area contributed by atoms with E-state index >= 15 is 0 Å². The smallest absolute Gasteiger partial charge is 0.303 e. The number of hydrogen-bond acceptors (Lipinski definition) is 8. The Morgan fingerprint density at radius 2 is 1.24 bits per heavy atom. The lowest BCUT2D eigenvalue weighted by molar-refractivity contribution is -0.173. The Hall–Kier alpha value is -2.12. The maximum Gasteiger partial charge on any atom is 0.303 e. The molecule has 4 atom stereocenters. The molecule has 0 rings (SSSR count). The van der Waals surface area contributed by atoms with E-state index in [9.17, 15) is 19.2 Å². The fraction of sp³-hybridized carbons (Fsp3) is 0.810. The standard InChI is InChI=1S/C21H36O8/c1-13(26-15(3)22)10-19(28-17(5)24)11-21(9,29-18(6)25)12-20(7,8)14(2)27-16(4)23/h13-14,19H,10-12H2,1-9H3. The number of rotatable bonds is 11. The van der Waals surface area contributed by atoms with E-state index in [0.717, 1.165) is 0 Å². The Bertz CT molecular complexity index is 597. The van der Waals surface area contributed by atoms with Gasteiger partial charge in [0, 0.05) is 46.0 Å². The molecule has 0 aromatic rings. The molecule has 0 N–H and O–H groups in total. The molecular formula is C21H36O8. The number of hydrogen-bond donors (Lipinski definition) is 0. The molecule has 0 spiro atoms. The fourth-order valence-electron chi connectivity index (χ4n) is 3.60. The number of esters is 4. The molecule has 0 aromatic heterocycles. The van der Waals surface area contributed by atoms with E-state index in [1.54, 1.807) is 20.8 Å². The molecule has 0 bridgehead atoms. The molecule has 29 heavy (non-hydrogen) atoms. The second-order valence-corrected chi connectivity index (χ2v) is 8.55. The lowest BCUT2D eigenvalue weighted by Crippen LogP contribution is -2.44. The Morgan fingerprint density at radius 1 is 0.759 bits per heavy atom. The molecule has 8 nitrogen and oxygen atoms in total. The van der Waals surface area contributed by atoms with Crippen molar-refractivity contribution in [2.75, 3.05) is 0 Å². The van der Waals surface area contributed by atoms with Crippen LogP contribution in [-0.2, 0) is 38.1 Å². The number of carbonyl (C=O) groups excluding carboxylic acids is 4. The largest absolute Gasteiger partial charge is 0.463 e. The van der Waals surface area contributed by atoms with Crippen molar-refractivity contribution in [1.82, 2.24) is 0 Å². The summed E-state index contributed by atoms with van der Waals surface area (Å²) in [7, 11) is 0. The van der Waals surface area contributed by atoms with E-state index in [1.165, 1.54) is 27.7 Å². The van der Waals surface area contributed by atoms with Gasteiger partial charge in [0.25, 0.3) is 0 Å². The van der Waals surface area contributed by atoms with Gasteiger partial charge in [-0.05, 0) is 27.2 Å². The fourth-order valence-corrected chi connectivity index (χ4v) is 3.60. The first-order valence-electron chi connectivity index (χ1n) is 9.77. The normalized spacial score (nSPS) is 16.6. The van der Waals surface area contributed by atoms with Crippen molar-refractivity contribution >= 4 is 23.9 Å². The summed E-state index contributed by atoms with van der Waals surface area (Å²) in [5.41, 5.74) is -1.53. The van der Waals surface area contributed by atoms with Crippen LogP contribution in [0.3, 0.4) is 0 Å². The first-order valence-corrected chi connectivity index (χ1v) is 9.77. The number of carbonyl (C=O) groups is 4. The van der Waals surface area contributed by atoms with Gasteiger partial charge in [-0.25, -0.2) is 0 Å². The summed E-state index contributed by atoms with van der Waals surface area (Å²) in [6, 6.07) is 0. The zero-order valence-corrected chi connectivity index (χ0v) is 19.1. The maximum absolute atomic E-state index is 11.8. The van der Waals surface area contributed by atoms with E-state index in [2.05, 4.69) is 0 Å². The SMILES string of the molecule is CC(=O)OC(C)CC(CC(C)(CC(C)(C)C(C)OC(C)=O)OC(C)=O)OC(C)=O. The molecule has 0 amide bonds. The highest BCUT2D eigenvalue weighted by molar-refractivity contribution is 5.67. The molecule has 0 saturated carbocycles. The van der Waals surface area contributed by atoms with E-state index in [-0.39, 0.29) is 12.8 Å². The van der Waals surface area contributed by atoms with E-state index in [1.807, 2.05) is 13.8 Å². The second-order valence-electron chi connectivity index (χ2n) is 8.55. The average Bonchev–Trinajstić information content (AvgIpc) is 2.41. The van der Waals surface area contributed by atoms with Crippen LogP contribution >= 0.6 is 0 Å². The third-order valence-electron chi connectivity index (χ3n) is 4.62. The minimum atomic E-state index is -1.00. The summed E-state index contributed by atoms with van der Waals surface area (Å²) in [5.74, 6) is -1.79. The van der Waals surface area contributed by atoms with Gasteiger partial charge in [0.05, 0.1) is 0 Å². The van der Waals surface area contributed by atoms with Gasteiger partial charge in [0.2, 0.25) is 0 Å². The van der Waals surface area contributed by atoms with Gasteiger partial charge in [-0.2, -0.15) is 0 Å². The highest BCUT2D eigenvalue weighted by Gasteiger charge is 2.42. The van der Waals surface area contributed by atoms with Crippen molar-refractivity contribution in [2.45, 2.75) is 105 Å². The van der Waals surface area contributed by atoms with Crippen LogP contribution < -0.4 is 0 Å². The Morgan fingerprint density at radius 3 is 1.66 bits per heavy atom. The van der Waals surface area contributed by atoms with Gasteiger partial charge >= 0.3 is 23.9 Å². The quantitative estimate of drug-likeness (QED) is 0.373. The first-order chi connectivity index (χ1) is 13.1. The van der Waals surface area contributed by atoms with E-state index < -0.39 is 53.2 Å². The van der Waals surface area contributed by atoms with Gasteiger partial charge < -0.3 is 18.9 Å². The molecule has 0 aliphatic carbocycles. The molecule has 168 valence electrons. The van der Waals surface area contributed by atoms with Gasteiger partial charge in [-0.3, -0.25) is 19.2 Å². The molecule has 0 fully saturated rings. The van der Waals surface area contributed by atoms with Crippen molar-refractivity contribution < 1.29 is 38.1 Å². The van der Waals surface area contributed by atoms with Crippen LogP contribution in [0.4, 0.5) is 0 Å². The van der Waals surface area contributed by atoms with E-state index in [4.69, 9.17) is 18.9 Å². The Balaban J connectivity index is 5.59. The monoisotopic (exact) mass is 416 g/mol. The van der Waals surface area contributed by atoms with Crippen LogP contribution in [0.5, 0.6) is 0 Å². The molecular weight excluding hydrogens is 380 g/mol. The van der Waals surface area contributed by atoms with Gasteiger partial charge in [-0.15, -0.1) is 0 Å². The van der Waals surface area contributed by atoms with Crippen molar-refractivity contribution in [3.8, 4) is 0 Å². The maximum atomic E-state index is 11.8. The molecule has 0 heterocycles. The van der Waals surface area contributed by atoms with Crippen LogP contribution in [0.2, 0.25) is 0 Å². The molecule has 8 heteroatoms. The van der Waals surface area contributed by atoms with Crippen molar-refractivity contribution in [3.05, 3.63) is 0 Å². The van der Waals surface area contributed by atoms with Crippen LogP contribution in [0, 0.1) is 5.41 Å². The van der Waals surface area contributed by atoms with Crippen LogP contribution in [0.15, 0.2) is 0 Å². The van der Waals surface area contributed by atoms with Crippen LogP contribution in [-0.4, -0.2) is 47.8 Å². The molecule has 4 unspecified atom stereocenters. The topological polar surface area (TPSA) is 105 Å². The predicted molar refractivity (Wildman–Crippen MR) is 106 cm³/mol. The van der Waals surface area contributed by atoms with Crippen LogP contribution in [0.1, 0.15) is 81.6 Å². The Kier molecular flexibility index (Phi) is 10.3. The molecule has 0 saturated heterocycles. The summed E-state index contributed by atoms with van der Waals surface area (Å²) in [5, 5.41) is 0. The predicted octanol–water partition coefficient (Wildman–Crippen LogP) is 3.34. The summed E-state index contributed by atoms with van der Waals surface area (Å²) >= 11 is 0. The van der Waals surface area contributed by atoms with Crippen molar-refractivity contribution in [3.63, 3.8) is 0 Å². The third kappa shape index (κ3) is 11.5. The highest BCUT2D eigenvalue weighted by atomic mass is 16.6. The minimum absolute atomic E-state index is 0.202. The molecule has 0 aromatic carbocycles. The zero-order chi connectivity index (χ0) is 23.0. The van der Waals surface area contributed by atoms with E-state index in [0.29, 0.717) is 6.42 Å². The van der Waals surface area contributed by atoms with Gasteiger partial charge in [-0.1, -0.05) is 13.8 Å². The van der Waals surface area contributed by atoms with Gasteiger partial charge in [0.15, 0.2) is 0 Å². The molecule has 0 radical (unpaired) electrons. The lowest BCUT2D eigenvalue weighted by Gasteiger charge is -2.41. The summed E-state index contributed by atoms with van der Waals surface area (Å²) < 4.78 is 21.5. The molecule has 0 aliphatic heterocycles. The van der Waals surface area contributed by atoms with Crippen molar-refractivity contribution in [1.29, 1.82) is 0 Å². The highest BCUT2D eigenvalue weighted by Crippen LogP contribution is 2.38. The van der Waals surface area contributed by atoms with Crippen LogP contribution in [0.25, 0.3) is 0 Å². The Labute approximate surface area is 173 Å². The minimum Gasteiger partial charge on any atom is -0.463 e. The summed E-state index contributed by atoms with van der Waals surface area (Å²) in [4.78, 5) is 45.9. The number of ether oxygens (including phenoxy) is 4. The summed E-state index contributed by atoms with van der Waals surface area (Å²) in [6.07, 6.45) is -0.725. The molecule has 0 aliphatic rings. The first kappa shape index (κ1) is 26.9. The zero-order valence-electron chi connectivity index (χ0n) is 19.1. The van der Waals surface area contributed by atoms with Crippen molar-refractivity contribution in [2.24, 2.45) is 5.41 Å².